The minimum atomic E-state index is -0.398. The van der Waals surface area contributed by atoms with Gasteiger partial charge in [0.25, 0.3) is 0 Å². The minimum Gasteiger partial charge on any atom is -0.870 e. The second kappa shape index (κ2) is 68.0. The van der Waals surface area contributed by atoms with Gasteiger partial charge in [-0.3, -0.25) is 9.59 Å². The van der Waals surface area contributed by atoms with Gasteiger partial charge >= 0.3 is 0 Å². The molecule has 2 aliphatic carbocycles. The van der Waals surface area contributed by atoms with Crippen LogP contribution >= 0.6 is 0 Å². The summed E-state index contributed by atoms with van der Waals surface area (Å²) >= 11 is 0. The van der Waals surface area contributed by atoms with Crippen molar-refractivity contribution in [2.75, 3.05) is 78.2 Å². The van der Waals surface area contributed by atoms with E-state index in [1.807, 2.05) is 72.9 Å². The number of ketones is 2. The van der Waals surface area contributed by atoms with Gasteiger partial charge in [-0.2, -0.15) is 0 Å². The van der Waals surface area contributed by atoms with Gasteiger partial charge in [0.15, 0.2) is 69.1 Å². The number of hydrogen-bond acceptors (Lipinski definition) is 22. The van der Waals surface area contributed by atoms with Crippen LogP contribution in [0.4, 0.5) is 0 Å². The molecule has 22 nitrogen and oxygen atoms in total. The molecule has 2 atom stereocenters. The van der Waals surface area contributed by atoms with Crippen LogP contribution in [-0.2, 0) is 76.9 Å². The lowest BCUT2D eigenvalue weighted by atomic mass is 10.0. The Labute approximate surface area is 780 Å². The normalized spacial score (nSPS) is 11.8. The number of phenols is 5. The first-order valence-electron chi connectivity index (χ1n) is 41.3. The molecule has 0 aromatic heterocycles. The molecule has 9 aromatic rings. The highest BCUT2D eigenvalue weighted by molar-refractivity contribution is 5.97. The number of phenolic OH excluding ortho intramolecular Hbond substituents is 5. The Hall–Kier alpha value is -15.3. The molecule has 0 heterocycles. The molecule has 0 radical (unpaired) electrons. The summed E-state index contributed by atoms with van der Waals surface area (Å²) < 4.78 is 54.2. The topological polar surface area (TPSA) is 329 Å². The predicted molar refractivity (Wildman–Crippen MR) is 524 cm³/mol. The van der Waals surface area contributed by atoms with E-state index in [4.69, 9.17) is 52.1 Å². The summed E-state index contributed by atoms with van der Waals surface area (Å²) in [4.78, 5) is 22.2. The average Bonchev–Trinajstić information content (AvgIpc) is 0.963. The fourth-order valence-electron chi connectivity index (χ4n) is 11.3. The van der Waals surface area contributed by atoms with Gasteiger partial charge in [0, 0.05) is 14.2 Å². The lowest BCUT2D eigenvalue weighted by Crippen LogP contribution is -2.21. The van der Waals surface area contributed by atoms with Crippen LogP contribution in [0, 0.1) is 0 Å². The molecule has 0 amide bonds. The number of methoxy groups -OCH3 is 11. The number of carbonyl (C=O) groups excluding carboxylic acids is 2. The van der Waals surface area contributed by atoms with Crippen molar-refractivity contribution < 1.29 is 108 Å². The van der Waals surface area contributed by atoms with Crippen LogP contribution < -0.4 is 63.1 Å². The van der Waals surface area contributed by atoms with Crippen LogP contribution in [0.3, 0.4) is 0 Å². The molecule has 0 aliphatic heterocycles. The van der Waals surface area contributed by atoms with E-state index in [1.165, 1.54) is 102 Å². The van der Waals surface area contributed by atoms with Crippen LogP contribution in [0.2, 0.25) is 0 Å². The van der Waals surface area contributed by atoms with Crippen molar-refractivity contribution in [3.63, 3.8) is 0 Å². The fraction of sp³-hybridized carbons (Fsp3) is 0.218. The molecule has 22 heteroatoms. The van der Waals surface area contributed by atoms with E-state index in [-0.39, 0.29) is 63.3 Å². The van der Waals surface area contributed by atoms with Crippen LogP contribution in [0.25, 0.3) is 0 Å². The molecule has 132 heavy (non-hydrogen) atoms. The summed E-state index contributed by atoms with van der Waals surface area (Å²) in [6, 6.07) is 46.5. The lowest BCUT2D eigenvalue weighted by Gasteiger charge is -2.12. The van der Waals surface area contributed by atoms with Crippen LogP contribution in [0.1, 0.15) is 62.9 Å². The second-order valence-electron chi connectivity index (χ2n) is 27.7. The van der Waals surface area contributed by atoms with Crippen molar-refractivity contribution in [3.05, 3.63) is 401 Å². The second-order valence-corrected chi connectivity index (χ2v) is 27.7. The Morgan fingerprint density at radius 2 is 0.386 bits per heavy atom. The van der Waals surface area contributed by atoms with Gasteiger partial charge in [-0.25, -0.2) is 0 Å². The molecule has 9 aromatic carbocycles. The maximum atomic E-state index is 11.1. The van der Waals surface area contributed by atoms with Crippen LogP contribution in [0.5, 0.6) is 103 Å². The van der Waals surface area contributed by atoms with E-state index in [0.29, 0.717) is 51.7 Å². The van der Waals surface area contributed by atoms with Crippen molar-refractivity contribution in [1.82, 2.24) is 0 Å². The Bertz CT molecular complexity index is 4330. The maximum absolute atomic E-state index is 11.1. The summed E-state index contributed by atoms with van der Waals surface area (Å²) in [5.41, 5.74) is 11.7. The van der Waals surface area contributed by atoms with Gasteiger partial charge in [0.05, 0.1) is 64.0 Å². The van der Waals surface area contributed by atoms with E-state index in [1.54, 1.807) is 170 Å². The Morgan fingerprint density at radius 3 is 0.530 bits per heavy atom. The molecular formula is C110H128O22-4. The van der Waals surface area contributed by atoms with Gasteiger partial charge in [-0.05, 0) is 241 Å². The first-order chi connectivity index (χ1) is 63.5. The highest BCUT2D eigenvalue weighted by atomic mass is 16.5. The molecule has 0 fully saturated rings. The van der Waals surface area contributed by atoms with Crippen LogP contribution in [-0.4, -0.2) is 128 Å². The molecule has 704 valence electrons. The van der Waals surface area contributed by atoms with Crippen molar-refractivity contribution in [2.24, 2.45) is 0 Å². The third kappa shape index (κ3) is 44.5. The molecular weight excluding hydrogens is 1670 g/mol. The van der Waals surface area contributed by atoms with Crippen molar-refractivity contribution in [3.8, 4) is 103 Å². The van der Waals surface area contributed by atoms with E-state index in [0.717, 1.165) is 132 Å². The smallest absolute Gasteiger partial charge is 0.188 e. The molecule has 0 bridgehead atoms. The number of aromatic hydroxyl groups is 5. The summed E-state index contributed by atoms with van der Waals surface area (Å²) in [7, 11) is 16.7. The number of allylic oxidation sites excluding steroid dienone is 15. The molecule has 2 unspecified atom stereocenters. The standard InChI is InChI=1S/11C10H12O2/c11*1-3-4-8-5-6-9(11)10(7-8)12-2/h9*3,5-7,11H,1,4H2,2H3;2*3,5-7,10H,1,4H2,2H3/p-4. The summed E-state index contributed by atoms with van der Waals surface area (Å²) in [6.07, 6.45) is 37.9. The number of benzene rings is 9. The number of rotatable bonds is 33. The first-order valence-corrected chi connectivity index (χ1v) is 41.3. The minimum absolute atomic E-state index is 0.00492. The van der Waals surface area contributed by atoms with Gasteiger partial charge in [-0.1, -0.05) is 181 Å². The molecule has 0 saturated heterocycles. The first kappa shape index (κ1) is 115. The maximum Gasteiger partial charge on any atom is 0.188 e. The highest BCUT2D eigenvalue weighted by Gasteiger charge is 2.17. The fourth-order valence-corrected chi connectivity index (χ4v) is 11.3. The number of ether oxygens (including phenoxy) is 11. The van der Waals surface area contributed by atoms with E-state index in [2.05, 4.69) is 72.4 Å². The SMILES string of the molecule is C=CCC1=CC(OC)C(=O)C=C1.C=CCC1=CC(OC)C(=O)C=C1.C=CCc1ccc(O)c(OC)c1.C=CCc1ccc(O)c(OC)c1.C=CCc1ccc(O)c(OC)c1.C=CCc1ccc(O)c(OC)c1.C=CCc1ccc(O)c(OC)c1.C=CCc1ccc([O-])c(OC)c1.C=CCc1ccc([O-])c(OC)c1.C=CCc1ccc([O-])c(OC)c1.C=CCc1ccc([O-])c(OC)c1. The van der Waals surface area contributed by atoms with Crippen molar-refractivity contribution in [1.29, 1.82) is 0 Å². The third-order valence-corrected chi connectivity index (χ3v) is 18.0. The number of hydrogen-bond donors (Lipinski definition) is 5. The largest absolute Gasteiger partial charge is 0.870 e. The summed E-state index contributed by atoms with van der Waals surface area (Å²) in [5, 5.41) is 90.5. The average molecular weight is 1800 g/mol. The molecule has 0 saturated carbocycles. The van der Waals surface area contributed by atoms with Crippen molar-refractivity contribution >= 4 is 11.6 Å². The molecule has 5 N–H and O–H groups in total. The highest BCUT2D eigenvalue weighted by Crippen LogP contribution is 2.33. The Kier molecular flexibility index (Phi) is 59.1. The lowest BCUT2D eigenvalue weighted by molar-refractivity contribution is -0.270. The van der Waals surface area contributed by atoms with Gasteiger partial charge in [0.2, 0.25) is 0 Å². The van der Waals surface area contributed by atoms with Gasteiger partial charge in [0.1, 0.15) is 35.2 Å². The Balaban J connectivity index is 0.000000726. The summed E-state index contributed by atoms with van der Waals surface area (Å²) in [5.74, 6) is 4.69. The molecule has 0 spiro atoms. The number of carbonyl (C=O) groups is 2. The van der Waals surface area contributed by atoms with Gasteiger partial charge < -0.3 is 98.1 Å². The quantitative estimate of drug-likeness (QED) is 0.0239. The van der Waals surface area contributed by atoms with Gasteiger partial charge in [-0.15, -0.1) is 72.4 Å². The van der Waals surface area contributed by atoms with Crippen LogP contribution in [0.15, 0.2) is 351 Å². The van der Waals surface area contributed by atoms with E-state index >= 15 is 0 Å². The van der Waals surface area contributed by atoms with E-state index < -0.39 is 12.2 Å². The zero-order chi connectivity index (χ0) is 98.7. The third-order valence-electron chi connectivity index (χ3n) is 18.0. The molecule has 2 aliphatic rings. The van der Waals surface area contributed by atoms with E-state index in [9.17, 15) is 55.5 Å². The predicted octanol–water partition coefficient (Wildman–Crippen LogP) is 19.9. The monoisotopic (exact) mass is 1800 g/mol. The Morgan fingerprint density at radius 1 is 0.235 bits per heavy atom. The summed E-state index contributed by atoms with van der Waals surface area (Å²) in [6.45, 7) is 39.9. The zero-order valence-electron chi connectivity index (χ0n) is 77.8. The zero-order valence-corrected chi connectivity index (χ0v) is 77.8. The molecule has 11 rings (SSSR count). The van der Waals surface area contributed by atoms with Crippen molar-refractivity contribution in [2.45, 2.75) is 82.8 Å².